The van der Waals surface area contributed by atoms with E-state index >= 15 is 0 Å². The van der Waals surface area contributed by atoms with Crippen LogP contribution in [0.2, 0.25) is 0 Å². The van der Waals surface area contributed by atoms with Gasteiger partial charge in [-0.25, -0.2) is 0 Å². The molecule has 0 saturated carbocycles. The van der Waals surface area contributed by atoms with Gasteiger partial charge < -0.3 is 4.74 Å². The summed E-state index contributed by atoms with van der Waals surface area (Å²) >= 11 is 0. The molecular weight excluding hydrogens is 236 g/mol. The lowest BCUT2D eigenvalue weighted by atomic mass is 9.92. The lowest BCUT2D eigenvalue weighted by Gasteiger charge is -2.28. The average molecular weight is 264 g/mol. The number of ether oxygens (including phenoxy) is 1. The van der Waals surface area contributed by atoms with Crippen LogP contribution in [0.25, 0.3) is 0 Å². The van der Waals surface area contributed by atoms with Gasteiger partial charge in [0.05, 0.1) is 5.60 Å². The molecular formula is C16H28N2O. The van der Waals surface area contributed by atoms with Crippen LogP contribution in [0.15, 0.2) is 24.3 Å². The van der Waals surface area contributed by atoms with Crippen LogP contribution in [-0.2, 0) is 11.2 Å². The standard InChI is InChI=1S/C16H28N2O/c1-12(2)9-13-7-6-8-14(10-13)15(18-17)11-16(3,4)19-5/h6-8,10,12,15,18H,9,11,17H2,1-5H3. The number of hydrogen-bond acceptors (Lipinski definition) is 3. The predicted octanol–water partition coefficient (Wildman–Crippen LogP) is 3.20. The highest BCUT2D eigenvalue weighted by Gasteiger charge is 2.23. The van der Waals surface area contributed by atoms with E-state index in [-0.39, 0.29) is 11.6 Å². The second kappa shape index (κ2) is 7.04. The number of rotatable bonds is 7. The summed E-state index contributed by atoms with van der Waals surface area (Å²) in [7, 11) is 1.74. The summed E-state index contributed by atoms with van der Waals surface area (Å²) in [5, 5.41) is 0. The van der Waals surface area contributed by atoms with Crippen molar-refractivity contribution in [2.24, 2.45) is 11.8 Å². The maximum Gasteiger partial charge on any atom is 0.0641 e. The number of benzene rings is 1. The van der Waals surface area contributed by atoms with Crippen LogP contribution in [0.1, 0.15) is 51.3 Å². The smallest absolute Gasteiger partial charge is 0.0641 e. The molecule has 0 aliphatic heterocycles. The maximum absolute atomic E-state index is 5.71. The fraction of sp³-hybridized carbons (Fsp3) is 0.625. The minimum absolute atomic E-state index is 0.113. The Labute approximate surface area is 117 Å². The van der Waals surface area contributed by atoms with Gasteiger partial charge in [-0.15, -0.1) is 0 Å². The molecule has 19 heavy (non-hydrogen) atoms. The molecule has 0 aliphatic carbocycles. The molecule has 0 aromatic heterocycles. The lowest BCUT2D eigenvalue weighted by molar-refractivity contribution is 0.00680. The second-order valence-electron chi connectivity index (χ2n) is 6.23. The Morgan fingerprint density at radius 3 is 2.53 bits per heavy atom. The van der Waals surface area contributed by atoms with E-state index in [4.69, 9.17) is 10.6 Å². The van der Waals surface area contributed by atoms with E-state index in [0.717, 1.165) is 12.8 Å². The molecule has 0 aliphatic rings. The normalized spacial score (nSPS) is 13.8. The summed E-state index contributed by atoms with van der Waals surface area (Å²) in [5.74, 6) is 6.37. The van der Waals surface area contributed by atoms with Gasteiger partial charge in [0.2, 0.25) is 0 Å². The molecule has 0 saturated heterocycles. The molecule has 0 fully saturated rings. The molecule has 3 nitrogen and oxygen atoms in total. The van der Waals surface area contributed by atoms with Crippen LogP contribution in [-0.4, -0.2) is 12.7 Å². The fourth-order valence-corrected chi connectivity index (χ4v) is 2.26. The Morgan fingerprint density at radius 2 is 2.00 bits per heavy atom. The highest BCUT2D eigenvalue weighted by Crippen LogP contribution is 2.26. The van der Waals surface area contributed by atoms with E-state index in [1.54, 1.807) is 7.11 Å². The van der Waals surface area contributed by atoms with Crippen LogP contribution in [0, 0.1) is 5.92 Å². The summed E-state index contributed by atoms with van der Waals surface area (Å²) in [4.78, 5) is 0. The van der Waals surface area contributed by atoms with Gasteiger partial charge in [-0.3, -0.25) is 11.3 Å². The minimum Gasteiger partial charge on any atom is -0.379 e. The first kappa shape index (κ1) is 16.2. The molecule has 3 N–H and O–H groups in total. The molecule has 0 heterocycles. The van der Waals surface area contributed by atoms with Gasteiger partial charge in [-0.1, -0.05) is 38.1 Å². The van der Waals surface area contributed by atoms with Crippen molar-refractivity contribution in [1.82, 2.24) is 5.43 Å². The second-order valence-corrected chi connectivity index (χ2v) is 6.23. The van der Waals surface area contributed by atoms with E-state index in [1.165, 1.54) is 11.1 Å². The summed E-state index contributed by atoms with van der Waals surface area (Å²) in [6.07, 6.45) is 1.93. The molecule has 1 unspecified atom stereocenters. The highest BCUT2D eigenvalue weighted by atomic mass is 16.5. The van der Waals surface area contributed by atoms with Gasteiger partial charge in [0.25, 0.3) is 0 Å². The molecule has 1 aromatic carbocycles. The van der Waals surface area contributed by atoms with Gasteiger partial charge in [-0.2, -0.15) is 0 Å². The summed E-state index contributed by atoms with van der Waals surface area (Å²) < 4.78 is 5.49. The third-order valence-corrected chi connectivity index (χ3v) is 3.45. The lowest BCUT2D eigenvalue weighted by Crippen LogP contribution is -2.35. The zero-order chi connectivity index (χ0) is 14.5. The molecule has 108 valence electrons. The third kappa shape index (κ3) is 5.31. The Kier molecular flexibility index (Phi) is 5.98. The SMILES string of the molecule is COC(C)(C)CC(NN)c1cccc(CC(C)C)c1. The van der Waals surface area contributed by atoms with Crippen LogP contribution in [0.3, 0.4) is 0 Å². The van der Waals surface area contributed by atoms with Gasteiger partial charge in [-0.05, 0) is 43.7 Å². The first-order valence-electron chi connectivity index (χ1n) is 6.98. The van der Waals surface area contributed by atoms with Crippen molar-refractivity contribution in [3.63, 3.8) is 0 Å². The zero-order valence-electron chi connectivity index (χ0n) is 12.9. The van der Waals surface area contributed by atoms with Gasteiger partial charge in [0, 0.05) is 13.2 Å². The zero-order valence-corrected chi connectivity index (χ0v) is 12.9. The van der Waals surface area contributed by atoms with Crippen molar-refractivity contribution in [3.8, 4) is 0 Å². The van der Waals surface area contributed by atoms with Crippen LogP contribution in [0.4, 0.5) is 0 Å². The minimum atomic E-state index is -0.189. The Bertz CT molecular complexity index is 388. The first-order chi connectivity index (χ1) is 8.88. The molecule has 0 bridgehead atoms. The number of nitrogens with two attached hydrogens (primary N) is 1. The summed E-state index contributed by atoms with van der Waals surface area (Å²) in [6.45, 7) is 8.63. The van der Waals surface area contributed by atoms with Gasteiger partial charge >= 0.3 is 0 Å². The summed E-state index contributed by atoms with van der Waals surface area (Å²) in [6, 6.07) is 8.77. The molecule has 0 spiro atoms. The van der Waals surface area contributed by atoms with Crippen molar-refractivity contribution in [2.75, 3.05) is 7.11 Å². The topological polar surface area (TPSA) is 47.3 Å². The van der Waals surface area contributed by atoms with E-state index in [9.17, 15) is 0 Å². The van der Waals surface area contributed by atoms with Crippen molar-refractivity contribution < 1.29 is 4.74 Å². The van der Waals surface area contributed by atoms with Crippen molar-refractivity contribution in [3.05, 3.63) is 35.4 Å². The van der Waals surface area contributed by atoms with E-state index < -0.39 is 0 Å². The number of hydrazine groups is 1. The number of nitrogens with one attached hydrogen (secondary N) is 1. The fourth-order valence-electron chi connectivity index (χ4n) is 2.26. The maximum atomic E-state index is 5.71. The van der Waals surface area contributed by atoms with Crippen molar-refractivity contribution in [1.29, 1.82) is 0 Å². The number of hydrogen-bond donors (Lipinski definition) is 2. The molecule has 3 heteroatoms. The first-order valence-corrected chi connectivity index (χ1v) is 6.98. The molecule has 0 amide bonds. The van der Waals surface area contributed by atoms with E-state index in [2.05, 4.69) is 57.4 Å². The van der Waals surface area contributed by atoms with Crippen LogP contribution in [0.5, 0.6) is 0 Å². The molecule has 1 rings (SSSR count). The van der Waals surface area contributed by atoms with Crippen molar-refractivity contribution in [2.45, 2.75) is 52.2 Å². The van der Waals surface area contributed by atoms with E-state index in [0.29, 0.717) is 5.92 Å². The van der Waals surface area contributed by atoms with Crippen LogP contribution >= 0.6 is 0 Å². The average Bonchev–Trinajstić information content (AvgIpc) is 2.35. The summed E-state index contributed by atoms with van der Waals surface area (Å²) in [5.41, 5.74) is 5.31. The highest BCUT2D eigenvalue weighted by molar-refractivity contribution is 5.26. The van der Waals surface area contributed by atoms with Crippen LogP contribution < -0.4 is 11.3 Å². The largest absolute Gasteiger partial charge is 0.379 e. The quantitative estimate of drug-likeness (QED) is 0.587. The van der Waals surface area contributed by atoms with Crippen molar-refractivity contribution >= 4 is 0 Å². The predicted molar refractivity (Wildman–Crippen MR) is 80.8 cm³/mol. The Morgan fingerprint density at radius 1 is 1.32 bits per heavy atom. The molecule has 1 aromatic rings. The third-order valence-electron chi connectivity index (χ3n) is 3.45. The van der Waals surface area contributed by atoms with Gasteiger partial charge in [0.1, 0.15) is 0 Å². The Hall–Kier alpha value is -0.900. The molecule has 0 radical (unpaired) electrons. The Balaban J connectivity index is 2.86. The number of methoxy groups -OCH3 is 1. The van der Waals surface area contributed by atoms with Gasteiger partial charge in [0.15, 0.2) is 0 Å². The monoisotopic (exact) mass is 264 g/mol. The van der Waals surface area contributed by atoms with E-state index in [1.807, 2.05) is 0 Å². The molecule has 1 atom stereocenters.